The van der Waals surface area contributed by atoms with Gasteiger partial charge in [0.05, 0.1) is 12.8 Å². The predicted octanol–water partition coefficient (Wildman–Crippen LogP) is 2.55. The summed E-state index contributed by atoms with van der Waals surface area (Å²) in [6.45, 7) is 2.89. The van der Waals surface area contributed by atoms with Gasteiger partial charge < -0.3 is 15.4 Å². The lowest BCUT2D eigenvalue weighted by Crippen LogP contribution is -2.25. The van der Waals surface area contributed by atoms with E-state index in [2.05, 4.69) is 6.92 Å². The molecular formula is C15H22N2O2. The summed E-state index contributed by atoms with van der Waals surface area (Å²) in [5.41, 5.74) is 7.26. The highest BCUT2D eigenvalue weighted by Crippen LogP contribution is 2.22. The van der Waals surface area contributed by atoms with Gasteiger partial charge in [-0.15, -0.1) is 0 Å². The van der Waals surface area contributed by atoms with Crippen molar-refractivity contribution in [1.29, 1.82) is 0 Å². The number of nitrogen functional groups attached to an aromatic ring is 1. The van der Waals surface area contributed by atoms with Crippen LogP contribution >= 0.6 is 0 Å². The van der Waals surface area contributed by atoms with Gasteiger partial charge in [-0.2, -0.15) is 0 Å². The molecule has 0 aliphatic rings. The number of amides is 1. The molecule has 4 heteroatoms. The van der Waals surface area contributed by atoms with Crippen LogP contribution in [0.4, 0.5) is 5.69 Å². The van der Waals surface area contributed by atoms with Gasteiger partial charge in [-0.1, -0.05) is 19.4 Å². The summed E-state index contributed by atoms with van der Waals surface area (Å²) in [6, 6.07) is 5.44. The first-order valence-electron chi connectivity index (χ1n) is 6.45. The van der Waals surface area contributed by atoms with Crippen LogP contribution in [0, 0.1) is 0 Å². The third kappa shape index (κ3) is 4.66. The second kappa shape index (κ2) is 7.46. The Morgan fingerprint density at radius 2 is 2.21 bits per heavy atom. The largest absolute Gasteiger partial charge is 0.495 e. The topological polar surface area (TPSA) is 55.6 Å². The average Bonchev–Trinajstić information content (AvgIpc) is 2.42. The number of rotatable bonds is 6. The third-order valence-corrected chi connectivity index (χ3v) is 2.90. The maximum atomic E-state index is 11.8. The average molecular weight is 262 g/mol. The molecule has 0 atom stereocenters. The standard InChI is InChI=1S/C15H22N2O2/c1-4-5-10-17(2)15(18)9-7-12-6-8-14(19-3)13(16)11-12/h6-9,11H,4-5,10,16H2,1-3H3/b9-7+. The number of anilines is 1. The first-order valence-corrected chi connectivity index (χ1v) is 6.45. The van der Waals surface area contributed by atoms with E-state index in [1.165, 1.54) is 0 Å². The summed E-state index contributed by atoms with van der Waals surface area (Å²) in [4.78, 5) is 13.5. The zero-order chi connectivity index (χ0) is 14.3. The fourth-order valence-corrected chi connectivity index (χ4v) is 1.66. The lowest BCUT2D eigenvalue weighted by molar-refractivity contribution is -0.124. The molecule has 0 fully saturated rings. The van der Waals surface area contributed by atoms with Gasteiger partial charge in [0.2, 0.25) is 5.91 Å². The quantitative estimate of drug-likeness (QED) is 0.633. The predicted molar refractivity (Wildman–Crippen MR) is 79.0 cm³/mol. The number of ether oxygens (including phenoxy) is 1. The molecule has 19 heavy (non-hydrogen) atoms. The number of carbonyl (C=O) groups is 1. The van der Waals surface area contributed by atoms with Crippen LogP contribution in [0.2, 0.25) is 0 Å². The number of methoxy groups -OCH3 is 1. The Labute approximate surface area is 114 Å². The number of benzene rings is 1. The highest BCUT2D eigenvalue weighted by molar-refractivity contribution is 5.91. The van der Waals surface area contributed by atoms with Crippen molar-refractivity contribution in [3.05, 3.63) is 29.8 Å². The highest BCUT2D eigenvalue weighted by atomic mass is 16.5. The lowest BCUT2D eigenvalue weighted by Gasteiger charge is -2.14. The molecule has 0 unspecified atom stereocenters. The minimum Gasteiger partial charge on any atom is -0.495 e. The summed E-state index contributed by atoms with van der Waals surface area (Å²) in [5.74, 6) is 0.645. The summed E-state index contributed by atoms with van der Waals surface area (Å²) >= 11 is 0. The molecular weight excluding hydrogens is 240 g/mol. The van der Waals surface area contributed by atoms with Crippen LogP contribution in [0.5, 0.6) is 5.75 Å². The number of nitrogens with two attached hydrogens (primary N) is 1. The molecule has 1 amide bonds. The van der Waals surface area contributed by atoms with Gasteiger partial charge in [0.25, 0.3) is 0 Å². The molecule has 1 rings (SSSR count). The fraction of sp³-hybridized carbons (Fsp3) is 0.400. The van der Waals surface area contributed by atoms with E-state index in [4.69, 9.17) is 10.5 Å². The zero-order valence-corrected chi connectivity index (χ0v) is 11.8. The van der Waals surface area contributed by atoms with E-state index in [0.717, 1.165) is 24.9 Å². The molecule has 2 N–H and O–H groups in total. The Balaban J connectivity index is 2.65. The van der Waals surface area contributed by atoms with E-state index in [-0.39, 0.29) is 5.91 Å². The van der Waals surface area contributed by atoms with Crippen molar-refractivity contribution >= 4 is 17.7 Å². The van der Waals surface area contributed by atoms with E-state index >= 15 is 0 Å². The Morgan fingerprint density at radius 3 is 2.79 bits per heavy atom. The van der Waals surface area contributed by atoms with Gasteiger partial charge in [0.15, 0.2) is 0 Å². The smallest absolute Gasteiger partial charge is 0.246 e. The lowest BCUT2D eigenvalue weighted by atomic mass is 10.1. The van der Waals surface area contributed by atoms with Gasteiger partial charge in [0, 0.05) is 19.7 Å². The first-order chi connectivity index (χ1) is 9.08. The number of hydrogen-bond acceptors (Lipinski definition) is 3. The molecule has 0 radical (unpaired) electrons. The first kappa shape index (κ1) is 15.1. The summed E-state index contributed by atoms with van der Waals surface area (Å²) in [7, 11) is 3.39. The molecule has 1 aromatic rings. The van der Waals surface area contributed by atoms with Crippen LogP contribution in [-0.2, 0) is 4.79 Å². The summed E-state index contributed by atoms with van der Waals surface area (Å²) in [6.07, 6.45) is 5.43. The van der Waals surface area contributed by atoms with Crippen LogP contribution < -0.4 is 10.5 Å². The Morgan fingerprint density at radius 1 is 1.47 bits per heavy atom. The Hall–Kier alpha value is -1.97. The number of carbonyl (C=O) groups excluding carboxylic acids is 1. The van der Waals surface area contributed by atoms with E-state index < -0.39 is 0 Å². The van der Waals surface area contributed by atoms with Crippen molar-refractivity contribution < 1.29 is 9.53 Å². The van der Waals surface area contributed by atoms with Crippen LogP contribution in [0.3, 0.4) is 0 Å². The molecule has 1 aromatic carbocycles. The van der Waals surface area contributed by atoms with Crippen molar-refractivity contribution in [3.8, 4) is 5.75 Å². The molecule has 0 heterocycles. The van der Waals surface area contributed by atoms with Gasteiger partial charge in [-0.3, -0.25) is 4.79 Å². The van der Waals surface area contributed by atoms with Gasteiger partial charge in [-0.25, -0.2) is 0 Å². The van der Waals surface area contributed by atoms with Crippen molar-refractivity contribution in [2.24, 2.45) is 0 Å². The normalized spacial score (nSPS) is 10.7. The van der Waals surface area contributed by atoms with Gasteiger partial charge in [-0.05, 0) is 30.2 Å². The van der Waals surface area contributed by atoms with E-state index in [0.29, 0.717) is 11.4 Å². The number of unbranched alkanes of at least 4 members (excludes halogenated alkanes) is 1. The molecule has 0 bridgehead atoms. The van der Waals surface area contributed by atoms with Crippen LogP contribution in [0.15, 0.2) is 24.3 Å². The van der Waals surface area contributed by atoms with Crippen molar-refractivity contribution in [2.45, 2.75) is 19.8 Å². The van der Waals surface area contributed by atoms with Crippen LogP contribution in [0.25, 0.3) is 6.08 Å². The molecule has 0 aromatic heterocycles. The van der Waals surface area contributed by atoms with Gasteiger partial charge >= 0.3 is 0 Å². The second-order valence-electron chi connectivity index (χ2n) is 4.45. The maximum absolute atomic E-state index is 11.8. The monoisotopic (exact) mass is 262 g/mol. The molecule has 0 saturated carbocycles. The minimum atomic E-state index is 0.00263. The molecule has 0 aliphatic heterocycles. The van der Waals surface area contributed by atoms with Crippen LogP contribution in [-0.4, -0.2) is 31.5 Å². The maximum Gasteiger partial charge on any atom is 0.246 e. The summed E-state index contributed by atoms with van der Waals surface area (Å²) < 4.78 is 5.08. The number of likely N-dealkylation sites (N-methyl/N-ethyl adjacent to an activating group) is 1. The highest BCUT2D eigenvalue weighted by Gasteiger charge is 2.04. The van der Waals surface area contributed by atoms with E-state index in [9.17, 15) is 4.79 Å². The van der Waals surface area contributed by atoms with Crippen molar-refractivity contribution in [2.75, 3.05) is 26.4 Å². The molecule has 0 aliphatic carbocycles. The third-order valence-electron chi connectivity index (χ3n) is 2.90. The molecule has 0 saturated heterocycles. The fourth-order valence-electron chi connectivity index (χ4n) is 1.66. The SMILES string of the molecule is CCCCN(C)C(=O)/C=C/c1ccc(OC)c(N)c1. The number of hydrogen-bond donors (Lipinski definition) is 1. The second-order valence-corrected chi connectivity index (χ2v) is 4.45. The van der Waals surface area contributed by atoms with Crippen molar-refractivity contribution in [3.63, 3.8) is 0 Å². The Kier molecular flexibility index (Phi) is 5.93. The molecule has 4 nitrogen and oxygen atoms in total. The zero-order valence-electron chi connectivity index (χ0n) is 11.8. The van der Waals surface area contributed by atoms with Crippen molar-refractivity contribution in [1.82, 2.24) is 4.90 Å². The minimum absolute atomic E-state index is 0.00263. The molecule has 104 valence electrons. The van der Waals surface area contributed by atoms with E-state index in [1.54, 1.807) is 36.3 Å². The molecule has 0 spiro atoms. The van der Waals surface area contributed by atoms with Crippen LogP contribution in [0.1, 0.15) is 25.3 Å². The number of nitrogens with zero attached hydrogens (tertiary/aromatic N) is 1. The van der Waals surface area contributed by atoms with E-state index in [1.807, 2.05) is 13.1 Å². The summed E-state index contributed by atoms with van der Waals surface area (Å²) in [5, 5.41) is 0. The Bertz CT molecular complexity index is 455. The van der Waals surface area contributed by atoms with Gasteiger partial charge in [0.1, 0.15) is 5.75 Å².